The standard InChI is InChI=1S/C16H15N/c1-2-6-13(7-3-1)12-15-11-10-14-8-4-5-9-16(14)17-15/h1-9,12,17H,10-11H2/b15-12-. The SMILES string of the molecule is C(=C1\CCc2ccccc2N1)/c1ccccc1. The third-order valence-electron chi connectivity index (χ3n) is 3.12. The number of nitrogens with one attached hydrogen (secondary N) is 1. The fourth-order valence-corrected chi connectivity index (χ4v) is 2.22. The third-order valence-corrected chi connectivity index (χ3v) is 3.12. The zero-order chi connectivity index (χ0) is 11.5. The second-order valence-corrected chi connectivity index (χ2v) is 4.36. The molecule has 0 atom stereocenters. The molecule has 1 aliphatic heterocycles. The number of aryl methyl sites for hydroxylation is 1. The lowest BCUT2D eigenvalue weighted by Gasteiger charge is -2.20. The first kappa shape index (κ1) is 10.2. The number of benzene rings is 2. The topological polar surface area (TPSA) is 12.0 Å². The molecule has 84 valence electrons. The fraction of sp³-hybridized carbons (Fsp3) is 0.125. The van der Waals surface area contributed by atoms with E-state index in [1.165, 1.54) is 22.5 Å². The van der Waals surface area contributed by atoms with Crippen molar-refractivity contribution < 1.29 is 0 Å². The summed E-state index contributed by atoms with van der Waals surface area (Å²) in [5, 5.41) is 3.51. The van der Waals surface area contributed by atoms with Gasteiger partial charge in [-0.25, -0.2) is 0 Å². The van der Waals surface area contributed by atoms with Crippen LogP contribution in [0.5, 0.6) is 0 Å². The lowest BCUT2D eigenvalue weighted by Crippen LogP contribution is -2.09. The summed E-state index contributed by atoms with van der Waals surface area (Å²) in [6.07, 6.45) is 4.45. The number of hydrogen-bond acceptors (Lipinski definition) is 1. The van der Waals surface area contributed by atoms with Crippen molar-refractivity contribution in [2.45, 2.75) is 12.8 Å². The number of para-hydroxylation sites is 1. The van der Waals surface area contributed by atoms with E-state index in [1.807, 2.05) is 6.07 Å². The first-order valence-electron chi connectivity index (χ1n) is 6.02. The van der Waals surface area contributed by atoms with E-state index in [9.17, 15) is 0 Å². The third kappa shape index (κ3) is 2.23. The van der Waals surface area contributed by atoms with E-state index in [0.717, 1.165) is 12.8 Å². The van der Waals surface area contributed by atoms with Gasteiger partial charge in [0, 0.05) is 11.4 Å². The number of rotatable bonds is 1. The molecule has 0 aliphatic carbocycles. The molecule has 0 saturated carbocycles. The molecule has 0 fully saturated rings. The summed E-state index contributed by atoms with van der Waals surface area (Å²) in [4.78, 5) is 0. The molecular formula is C16H15N. The van der Waals surface area contributed by atoms with Gasteiger partial charge in [0.15, 0.2) is 0 Å². The van der Waals surface area contributed by atoms with E-state index in [4.69, 9.17) is 0 Å². The number of hydrogen-bond donors (Lipinski definition) is 1. The van der Waals surface area contributed by atoms with Crippen molar-refractivity contribution >= 4 is 11.8 Å². The maximum atomic E-state index is 3.51. The minimum Gasteiger partial charge on any atom is -0.359 e. The average Bonchev–Trinajstić information content (AvgIpc) is 2.40. The van der Waals surface area contributed by atoms with Gasteiger partial charge in [0.1, 0.15) is 0 Å². The number of allylic oxidation sites excluding steroid dienone is 1. The Kier molecular flexibility index (Phi) is 2.66. The fourth-order valence-electron chi connectivity index (χ4n) is 2.22. The molecule has 1 nitrogen and oxygen atoms in total. The average molecular weight is 221 g/mol. The van der Waals surface area contributed by atoms with E-state index in [2.05, 4.69) is 59.9 Å². The number of anilines is 1. The molecule has 0 unspecified atom stereocenters. The van der Waals surface area contributed by atoms with Gasteiger partial charge in [0.2, 0.25) is 0 Å². The summed E-state index contributed by atoms with van der Waals surface area (Å²) in [6.45, 7) is 0. The highest BCUT2D eigenvalue weighted by Crippen LogP contribution is 2.27. The highest BCUT2D eigenvalue weighted by Gasteiger charge is 2.10. The van der Waals surface area contributed by atoms with Crippen LogP contribution in [-0.2, 0) is 6.42 Å². The molecule has 0 aromatic heterocycles. The van der Waals surface area contributed by atoms with Gasteiger partial charge < -0.3 is 5.32 Å². The zero-order valence-corrected chi connectivity index (χ0v) is 9.69. The van der Waals surface area contributed by atoms with E-state index < -0.39 is 0 Å². The van der Waals surface area contributed by atoms with Crippen LogP contribution in [0.2, 0.25) is 0 Å². The molecule has 2 aromatic carbocycles. The minimum absolute atomic E-state index is 1.09. The molecule has 0 bridgehead atoms. The summed E-state index contributed by atoms with van der Waals surface area (Å²) in [6, 6.07) is 19.0. The van der Waals surface area contributed by atoms with Crippen molar-refractivity contribution in [3.8, 4) is 0 Å². The first-order chi connectivity index (χ1) is 8.42. The molecule has 0 spiro atoms. The van der Waals surface area contributed by atoms with Crippen molar-refractivity contribution in [1.82, 2.24) is 0 Å². The second-order valence-electron chi connectivity index (χ2n) is 4.36. The first-order valence-corrected chi connectivity index (χ1v) is 6.02. The Morgan fingerprint density at radius 3 is 2.47 bits per heavy atom. The molecule has 1 aliphatic rings. The Morgan fingerprint density at radius 2 is 1.59 bits per heavy atom. The smallest absolute Gasteiger partial charge is 0.0414 e. The maximum absolute atomic E-state index is 3.51. The molecule has 1 heteroatoms. The minimum atomic E-state index is 1.09. The van der Waals surface area contributed by atoms with Gasteiger partial charge in [-0.05, 0) is 36.1 Å². The van der Waals surface area contributed by atoms with E-state index >= 15 is 0 Å². The van der Waals surface area contributed by atoms with Crippen LogP contribution in [0.3, 0.4) is 0 Å². The van der Waals surface area contributed by atoms with E-state index in [0.29, 0.717) is 0 Å². The highest BCUT2D eigenvalue weighted by molar-refractivity contribution is 5.64. The monoisotopic (exact) mass is 221 g/mol. The molecule has 2 aromatic rings. The molecule has 1 N–H and O–H groups in total. The lowest BCUT2D eigenvalue weighted by molar-refractivity contribution is 0.921. The molecule has 0 radical (unpaired) electrons. The van der Waals surface area contributed by atoms with Crippen LogP contribution in [0.15, 0.2) is 60.3 Å². The Hall–Kier alpha value is -2.02. The van der Waals surface area contributed by atoms with E-state index in [1.54, 1.807) is 0 Å². The van der Waals surface area contributed by atoms with E-state index in [-0.39, 0.29) is 0 Å². The van der Waals surface area contributed by atoms with Gasteiger partial charge in [-0.1, -0.05) is 48.5 Å². The van der Waals surface area contributed by atoms with Crippen molar-refractivity contribution in [1.29, 1.82) is 0 Å². The lowest BCUT2D eigenvalue weighted by atomic mass is 10.0. The van der Waals surface area contributed by atoms with Gasteiger partial charge in [0.05, 0.1) is 0 Å². The number of fused-ring (bicyclic) bond motifs is 1. The molecule has 0 saturated heterocycles. The van der Waals surface area contributed by atoms with Crippen LogP contribution in [-0.4, -0.2) is 0 Å². The Bertz CT molecular complexity index is 540. The van der Waals surface area contributed by atoms with Gasteiger partial charge in [0.25, 0.3) is 0 Å². The van der Waals surface area contributed by atoms with Crippen molar-refractivity contribution in [2.24, 2.45) is 0 Å². The molecule has 17 heavy (non-hydrogen) atoms. The molecule has 0 amide bonds. The van der Waals surface area contributed by atoms with Crippen LogP contribution in [0, 0.1) is 0 Å². The largest absolute Gasteiger partial charge is 0.359 e. The van der Waals surface area contributed by atoms with Crippen LogP contribution in [0.25, 0.3) is 6.08 Å². The zero-order valence-electron chi connectivity index (χ0n) is 9.69. The summed E-state index contributed by atoms with van der Waals surface area (Å²) in [5.41, 5.74) is 5.22. The quantitative estimate of drug-likeness (QED) is 0.765. The Labute approximate surface area is 102 Å². The molecule has 3 rings (SSSR count). The van der Waals surface area contributed by atoms with Crippen molar-refractivity contribution in [2.75, 3.05) is 5.32 Å². The Balaban J connectivity index is 1.87. The van der Waals surface area contributed by atoms with Gasteiger partial charge >= 0.3 is 0 Å². The van der Waals surface area contributed by atoms with Crippen molar-refractivity contribution in [3.05, 3.63) is 71.4 Å². The molecular weight excluding hydrogens is 206 g/mol. The second kappa shape index (κ2) is 4.46. The maximum Gasteiger partial charge on any atom is 0.0414 e. The van der Waals surface area contributed by atoms with Crippen LogP contribution < -0.4 is 5.32 Å². The van der Waals surface area contributed by atoms with Crippen LogP contribution in [0.4, 0.5) is 5.69 Å². The van der Waals surface area contributed by atoms with Gasteiger partial charge in [-0.2, -0.15) is 0 Å². The summed E-state index contributed by atoms with van der Waals surface area (Å²) < 4.78 is 0. The summed E-state index contributed by atoms with van der Waals surface area (Å²) in [7, 11) is 0. The molecule has 1 heterocycles. The normalized spacial score (nSPS) is 16.4. The Morgan fingerprint density at radius 1 is 0.824 bits per heavy atom. The predicted octanol–water partition coefficient (Wildman–Crippen LogP) is 4.09. The van der Waals surface area contributed by atoms with Crippen molar-refractivity contribution in [3.63, 3.8) is 0 Å². The highest BCUT2D eigenvalue weighted by atomic mass is 14.9. The van der Waals surface area contributed by atoms with Crippen LogP contribution in [0.1, 0.15) is 17.5 Å². The van der Waals surface area contributed by atoms with Gasteiger partial charge in [-0.3, -0.25) is 0 Å². The summed E-state index contributed by atoms with van der Waals surface area (Å²) >= 11 is 0. The predicted molar refractivity (Wildman–Crippen MR) is 72.8 cm³/mol. The van der Waals surface area contributed by atoms with Crippen LogP contribution >= 0.6 is 0 Å². The summed E-state index contributed by atoms with van der Waals surface area (Å²) in [5.74, 6) is 0. The van der Waals surface area contributed by atoms with Gasteiger partial charge in [-0.15, -0.1) is 0 Å².